The zero-order valence-electron chi connectivity index (χ0n) is 48.4. The summed E-state index contributed by atoms with van der Waals surface area (Å²) >= 11 is 3.74. The number of piperidine rings is 3. The van der Waals surface area contributed by atoms with Gasteiger partial charge in [-0.1, -0.05) is 76.5 Å². The molecule has 10 heterocycles. The molecule has 3 saturated heterocycles. The van der Waals surface area contributed by atoms with Gasteiger partial charge in [0.25, 0.3) is 17.7 Å². The van der Waals surface area contributed by atoms with Crippen molar-refractivity contribution < 1.29 is 29.0 Å². The van der Waals surface area contributed by atoms with Gasteiger partial charge >= 0.3 is 0 Å². The van der Waals surface area contributed by atoms with E-state index in [0.29, 0.717) is 47.5 Å². The number of aliphatic hydroxyl groups is 1. The number of rotatable bonds is 22. The minimum Gasteiger partial charge on any atom is -0.467 e. The van der Waals surface area contributed by atoms with Crippen LogP contribution in [0.3, 0.4) is 0 Å². The van der Waals surface area contributed by atoms with Gasteiger partial charge in [0.15, 0.2) is 24.1 Å². The van der Waals surface area contributed by atoms with Crippen LogP contribution in [0, 0.1) is 0 Å². The molecular formula is C58H64N22O6S3-2. The minimum absolute atomic E-state index is 0.118. The van der Waals surface area contributed by atoms with Crippen LogP contribution in [0.2, 0.25) is 0 Å². The molecule has 5 aromatic heterocycles. The van der Waals surface area contributed by atoms with E-state index in [1.807, 2.05) is 85.2 Å². The maximum Gasteiger partial charge on any atom is 0.260 e. The Bertz CT molecular complexity index is 3660. The third-order valence-electron chi connectivity index (χ3n) is 15.4. The molecule has 5 aliphatic heterocycles. The molecule has 0 radical (unpaired) electrons. The number of hydrogen-bond donors (Lipinski definition) is 7. The molecule has 31 heteroatoms. The number of likely N-dealkylation sites (tertiary alicyclic amines) is 2. The summed E-state index contributed by atoms with van der Waals surface area (Å²) in [5.41, 5.74) is 13.1. The van der Waals surface area contributed by atoms with E-state index in [9.17, 15) is 19.5 Å². The molecule has 12 rings (SSSR count). The maximum absolute atomic E-state index is 13.8. The second-order valence-electron chi connectivity index (χ2n) is 21.2. The number of aliphatic hydroxyl groups excluding tert-OH is 1. The van der Waals surface area contributed by atoms with Gasteiger partial charge in [-0.05, 0) is 142 Å². The summed E-state index contributed by atoms with van der Waals surface area (Å²) in [5.74, 6) is 1.13. The van der Waals surface area contributed by atoms with Crippen LogP contribution in [-0.2, 0) is 23.9 Å². The Morgan fingerprint density at radius 2 is 1.00 bits per heavy atom. The largest absolute Gasteiger partial charge is 0.467 e. The highest BCUT2D eigenvalue weighted by atomic mass is 32.1. The number of benzene rings is 2. The fourth-order valence-corrected chi connectivity index (χ4v) is 12.9. The van der Waals surface area contributed by atoms with Gasteiger partial charge in [-0.2, -0.15) is 5.10 Å². The Hall–Kier alpha value is -9.40. The highest BCUT2D eigenvalue weighted by Crippen LogP contribution is 2.35. The summed E-state index contributed by atoms with van der Waals surface area (Å²) < 4.78 is 11.2. The summed E-state index contributed by atoms with van der Waals surface area (Å²) in [6.07, 6.45) is 18.3. The lowest BCUT2D eigenvalue weighted by Crippen LogP contribution is -2.39. The first kappa shape index (κ1) is 59.9. The highest BCUT2D eigenvalue weighted by Gasteiger charge is 2.28. The first-order valence-electron chi connectivity index (χ1n) is 29.0. The van der Waals surface area contributed by atoms with Gasteiger partial charge in [-0.25, -0.2) is 0 Å². The number of amides is 3. The Morgan fingerprint density at radius 1 is 0.528 bits per heavy atom. The molecule has 3 amide bonds. The highest BCUT2D eigenvalue weighted by molar-refractivity contribution is 7.19. The number of carbonyl (C=O) groups excluding carboxylic acids is 3. The van der Waals surface area contributed by atoms with Crippen molar-refractivity contribution in [2.75, 3.05) is 100 Å². The normalized spacial score (nSPS) is 17.6. The molecule has 3 fully saturated rings. The van der Waals surface area contributed by atoms with Crippen molar-refractivity contribution in [2.45, 2.75) is 75.0 Å². The number of pyridine rings is 1. The van der Waals surface area contributed by atoms with Crippen LogP contribution in [0.15, 0.2) is 140 Å². The van der Waals surface area contributed by atoms with E-state index < -0.39 is 24.2 Å². The number of methoxy groups -OCH3 is 2. The van der Waals surface area contributed by atoms with E-state index in [1.54, 1.807) is 52.9 Å². The minimum atomic E-state index is -1.43. The fourth-order valence-electron chi connectivity index (χ4n) is 10.8. The van der Waals surface area contributed by atoms with E-state index in [2.05, 4.69) is 92.4 Å². The number of ether oxygens (including phenoxy) is 2. The van der Waals surface area contributed by atoms with Gasteiger partial charge in [0.05, 0.1) is 0 Å². The zero-order valence-corrected chi connectivity index (χ0v) is 50.9. The summed E-state index contributed by atoms with van der Waals surface area (Å²) in [7, 11) is 2.97. The first-order chi connectivity index (χ1) is 43.6. The Balaban J connectivity index is 0.554. The molecule has 0 bridgehead atoms. The SMILES string of the molecule is COC(C(=O)Nc1nnc(NC2CCN(C3=CC=CN(c4ccc(C(O)C(=O)Nc5nnc(NC6CCN(c7cccnn7)CC6)s5)cc4)[N-]3)CC2)s1)c1cccc(N2C=CC=C(N3CCC(Nc4nnc(NC(=O)C(OC)c5cccnc5)s4)CC3)[N-]2)c1. The summed E-state index contributed by atoms with van der Waals surface area (Å²) in [6.45, 7) is 4.63. The molecular weight excluding hydrogens is 1200 g/mol. The molecule has 5 aliphatic rings. The lowest BCUT2D eigenvalue weighted by Gasteiger charge is -2.46. The Labute approximate surface area is 524 Å². The van der Waals surface area contributed by atoms with Gasteiger partial charge in [-0.15, -0.1) is 35.7 Å². The number of aromatic nitrogens is 9. The molecule has 0 aliphatic carbocycles. The van der Waals surface area contributed by atoms with Crippen LogP contribution in [0.4, 0.5) is 48.0 Å². The number of hydrogen-bond acceptors (Lipinski definition) is 26. The molecule has 7 aromatic rings. The van der Waals surface area contributed by atoms with E-state index >= 15 is 0 Å². The first-order valence-corrected chi connectivity index (χ1v) is 31.4. The van der Waals surface area contributed by atoms with Crippen molar-refractivity contribution in [3.8, 4) is 0 Å². The van der Waals surface area contributed by atoms with Gasteiger partial charge in [0, 0.05) is 93.4 Å². The Kier molecular flexibility index (Phi) is 19.0. The zero-order chi connectivity index (χ0) is 61.1. The molecule has 462 valence electrons. The number of nitrogens with one attached hydrogen (secondary N) is 6. The third kappa shape index (κ3) is 15.0. The second kappa shape index (κ2) is 28.2. The van der Waals surface area contributed by atoms with Crippen LogP contribution in [0.5, 0.6) is 0 Å². The average molecular weight is 1260 g/mol. The van der Waals surface area contributed by atoms with Crippen molar-refractivity contribution in [3.63, 3.8) is 0 Å². The lowest BCUT2D eigenvalue weighted by molar-refractivity contribution is -0.126. The maximum atomic E-state index is 13.8. The molecule has 3 atom stereocenters. The van der Waals surface area contributed by atoms with Crippen LogP contribution < -0.4 is 46.8 Å². The number of allylic oxidation sites excluding steroid dienone is 4. The molecule has 28 nitrogen and oxygen atoms in total. The predicted octanol–water partition coefficient (Wildman–Crippen LogP) is 7.91. The number of nitrogens with zero attached hydrogens (tertiary/aromatic N) is 16. The van der Waals surface area contributed by atoms with E-state index in [-0.39, 0.29) is 29.9 Å². The predicted molar refractivity (Wildman–Crippen MR) is 341 cm³/mol. The Morgan fingerprint density at radius 3 is 1.49 bits per heavy atom. The van der Waals surface area contributed by atoms with E-state index in [0.717, 1.165) is 107 Å². The molecule has 2 aromatic carbocycles. The number of carbonyl (C=O) groups is 3. The number of anilines is 9. The van der Waals surface area contributed by atoms with Gasteiger partial charge < -0.3 is 66.1 Å². The summed E-state index contributed by atoms with van der Waals surface area (Å²) in [4.78, 5) is 50.6. The van der Waals surface area contributed by atoms with Crippen LogP contribution in [0.25, 0.3) is 10.9 Å². The molecule has 7 N–H and O–H groups in total. The van der Waals surface area contributed by atoms with E-state index in [4.69, 9.17) is 20.3 Å². The van der Waals surface area contributed by atoms with Crippen molar-refractivity contribution in [1.29, 1.82) is 0 Å². The molecule has 0 spiro atoms. The van der Waals surface area contributed by atoms with Crippen LogP contribution >= 0.6 is 34.0 Å². The van der Waals surface area contributed by atoms with Gasteiger partial charge in [0.1, 0.15) is 0 Å². The van der Waals surface area contributed by atoms with Crippen LogP contribution in [0.1, 0.15) is 73.5 Å². The van der Waals surface area contributed by atoms with Gasteiger partial charge in [0.2, 0.25) is 30.8 Å². The standard InChI is InChI=1S/C58H64N22O6S3/c1-85-48(37-8-3-10-43(34-37)80-27-7-13-46(75-80)78-32-22-41(23-33-78)63-55-70-73-58(89-55)66-52(84)49(86-2)38-9-4-24-59-35-38)51(83)65-57-72-69-54(88-57)62-40-20-30-77(31-21-40)45-12-6-26-79(74-45)42-16-14-36(15-17-42)47(81)50(82)64-56-71-68-53(87-56)61-39-18-28-76(29-19-39)44-11-5-25-60-67-44/h3-17,24-27,34-35,39-41,47-49,81H,18-23,28-33H2,1-2H3,(H6,60,61,62,63,64,65,66,67,68,69,70,71,72,73,82,83,84)/q-2. The average Bonchev–Trinajstić information content (AvgIpc) is 3.87. The monoisotopic (exact) mass is 1260 g/mol. The van der Waals surface area contributed by atoms with Crippen LogP contribution in [-0.4, -0.2) is 150 Å². The molecule has 0 saturated carbocycles. The van der Waals surface area contributed by atoms with Crippen molar-refractivity contribution >= 4 is 99.7 Å². The quantitative estimate of drug-likeness (QED) is 0.0339. The van der Waals surface area contributed by atoms with Crippen molar-refractivity contribution in [3.05, 3.63) is 167 Å². The van der Waals surface area contributed by atoms with Crippen molar-refractivity contribution in [2.24, 2.45) is 0 Å². The summed E-state index contributed by atoms with van der Waals surface area (Å²) in [5, 5.41) is 69.8. The van der Waals surface area contributed by atoms with E-state index in [1.165, 1.54) is 48.2 Å². The lowest BCUT2D eigenvalue weighted by atomic mass is 10.1. The topological polar surface area (TPSA) is 322 Å². The fraction of sp³-hybridized carbons (Fsp3) is 0.345. The smallest absolute Gasteiger partial charge is 0.260 e. The van der Waals surface area contributed by atoms with Crippen molar-refractivity contribution in [1.82, 2.24) is 55.6 Å². The summed E-state index contributed by atoms with van der Waals surface area (Å²) in [6, 6.07) is 22.4. The third-order valence-corrected chi connectivity index (χ3v) is 17.7. The molecule has 3 unspecified atom stereocenters. The second-order valence-corrected chi connectivity index (χ2v) is 24.2. The molecule has 89 heavy (non-hydrogen) atoms. The van der Waals surface area contributed by atoms with Gasteiger partial charge in [-0.3, -0.25) is 35.3 Å².